The van der Waals surface area contributed by atoms with Gasteiger partial charge in [-0.1, -0.05) is 12.2 Å². The molecule has 0 amide bonds. The van der Waals surface area contributed by atoms with Crippen molar-refractivity contribution in [2.24, 2.45) is 5.73 Å². The highest BCUT2D eigenvalue weighted by molar-refractivity contribution is 7.89. The van der Waals surface area contributed by atoms with Crippen LogP contribution in [0.5, 0.6) is 0 Å². The number of sulfonamides is 1. The topological polar surface area (TPSA) is 88.3 Å². The van der Waals surface area contributed by atoms with Gasteiger partial charge in [-0.2, -0.15) is 0 Å². The van der Waals surface area contributed by atoms with Gasteiger partial charge in [0.05, 0.1) is 0 Å². The van der Waals surface area contributed by atoms with Gasteiger partial charge in [0.1, 0.15) is 15.6 Å². The van der Waals surface area contributed by atoms with Gasteiger partial charge in [0.2, 0.25) is 10.0 Å². The number of rotatable bonds is 6. The van der Waals surface area contributed by atoms with Crippen LogP contribution < -0.4 is 10.5 Å². The van der Waals surface area contributed by atoms with Gasteiger partial charge >= 0.3 is 0 Å². The van der Waals surface area contributed by atoms with Gasteiger partial charge < -0.3 is 10.6 Å². The fraction of sp³-hybridized carbons (Fsp3) is 0.455. The molecule has 0 aliphatic rings. The van der Waals surface area contributed by atoms with Crippen molar-refractivity contribution in [2.45, 2.75) is 17.9 Å². The first-order chi connectivity index (χ1) is 8.74. The Kier molecular flexibility index (Phi) is 5.36. The second kappa shape index (κ2) is 6.38. The molecule has 1 rings (SSSR count). The molecule has 1 atom stereocenters. The molecule has 1 aromatic heterocycles. The van der Waals surface area contributed by atoms with E-state index in [1.807, 2.05) is 19.0 Å². The van der Waals surface area contributed by atoms with E-state index in [0.29, 0.717) is 6.54 Å². The molecule has 1 unspecified atom stereocenters. The molecule has 0 bridgehead atoms. The molecule has 0 spiro atoms. The maximum absolute atomic E-state index is 12.3. The van der Waals surface area contributed by atoms with Crippen molar-refractivity contribution in [1.82, 2.24) is 14.6 Å². The van der Waals surface area contributed by atoms with Crippen molar-refractivity contribution >= 4 is 27.2 Å². The van der Waals surface area contributed by atoms with Crippen LogP contribution in [0.3, 0.4) is 0 Å². The summed E-state index contributed by atoms with van der Waals surface area (Å²) in [5.74, 6) is 0. The van der Waals surface area contributed by atoms with E-state index in [1.54, 1.807) is 6.92 Å². The van der Waals surface area contributed by atoms with E-state index in [2.05, 4.69) is 9.71 Å². The summed E-state index contributed by atoms with van der Waals surface area (Å²) in [6.45, 7) is 2.37. The second-order valence-corrected chi connectivity index (χ2v) is 6.62. The smallest absolute Gasteiger partial charge is 0.243 e. The number of nitrogens with one attached hydrogen (secondary N) is 1. The van der Waals surface area contributed by atoms with Gasteiger partial charge in [0, 0.05) is 18.8 Å². The van der Waals surface area contributed by atoms with Gasteiger partial charge in [-0.05, 0) is 33.2 Å². The number of aromatic nitrogens is 1. The van der Waals surface area contributed by atoms with E-state index < -0.39 is 10.0 Å². The SMILES string of the molecule is CC(CN(C)C)NS(=O)(=O)c1cccnc1C(N)=S. The fourth-order valence-corrected chi connectivity index (χ4v) is 3.34. The van der Waals surface area contributed by atoms with E-state index in [0.717, 1.165) is 0 Å². The molecule has 19 heavy (non-hydrogen) atoms. The predicted octanol–water partition coefficient (Wildman–Crippen LogP) is -0.0558. The fourth-order valence-electron chi connectivity index (χ4n) is 1.71. The molecule has 0 aliphatic heterocycles. The predicted molar refractivity (Wildman–Crippen MR) is 78.5 cm³/mol. The lowest BCUT2D eigenvalue weighted by Crippen LogP contribution is -2.40. The Morgan fingerprint density at radius 3 is 2.74 bits per heavy atom. The second-order valence-electron chi connectivity index (χ2n) is 4.50. The summed E-state index contributed by atoms with van der Waals surface area (Å²) in [6.07, 6.45) is 1.46. The minimum absolute atomic E-state index is 0.00751. The van der Waals surface area contributed by atoms with Crippen LogP contribution in [0.15, 0.2) is 23.2 Å². The van der Waals surface area contributed by atoms with Crippen molar-refractivity contribution in [1.29, 1.82) is 0 Å². The first-order valence-corrected chi connectivity index (χ1v) is 7.55. The highest BCUT2D eigenvalue weighted by Crippen LogP contribution is 2.13. The summed E-state index contributed by atoms with van der Waals surface area (Å²) in [5, 5.41) is 0. The first kappa shape index (κ1) is 16.0. The van der Waals surface area contributed by atoms with Gasteiger partial charge in [0.25, 0.3) is 0 Å². The quantitative estimate of drug-likeness (QED) is 0.716. The Balaban J connectivity index is 3.04. The minimum Gasteiger partial charge on any atom is -0.388 e. The molecule has 0 aromatic carbocycles. The lowest BCUT2D eigenvalue weighted by atomic mass is 10.3. The third kappa shape index (κ3) is 4.50. The van der Waals surface area contributed by atoms with Crippen LogP contribution in [0.2, 0.25) is 0 Å². The molecule has 8 heteroatoms. The summed E-state index contributed by atoms with van der Waals surface area (Å²) < 4.78 is 27.1. The molecule has 0 saturated carbocycles. The Morgan fingerprint density at radius 1 is 1.58 bits per heavy atom. The average molecular weight is 302 g/mol. The summed E-state index contributed by atoms with van der Waals surface area (Å²) in [4.78, 5) is 5.78. The normalized spacial score (nSPS) is 13.5. The van der Waals surface area contributed by atoms with Gasteiger partial charge in [-0.25, -0.2) is 13.1 Å². The molecule has 0 radical (unpaired) electrons. The molecule has 1 heterocycles. The lowest BCUT2D eigenvalue weighted by molar-refractivity contribution is 0.370. The third-order valence-electron chi connectivity index (χ3n) is 2.29. The lowest BCUT2D eigenvalue weighted by Gasteiger charge is -2.19. The Bertz CT molecular complexity index is 558. The van der Waals surface area contributed by atoms with E-state index in [9.17, 15) is 8.42 Å². The van der Waals surface area contributed by atoms with Crippen LogP contribution in [0.4, 0.5) is 0 Å². The maximum Gasteiger partial charge on any atom is 0.243 e. The van der Waals surface area contributed by atoms with Crippen molar-refractivity contribution in [3.63, 3.8) is 0 Å². The summed E-state index contributed by atoms with van der Waals surface area (Å²) in [6, 6.07) is 2.73. The highest BCUT2D eigenvalue weighted by Gasteiger charge is 2.22. The maximum atomic E-state index is 12.3. The Labute approximate surface area is 119 Å². The number of likely N-dealkylation sites (N-methyl/N-ethyl adjacent to an activating group) is 1. The summed E-state index contributed by atoms with van der Waals surface area (Å²) in [7, 11) is 0.0532. The number of hydrogen-bond donors (Lipinski definition) is 2. The number of pyridine rings is 1. The van der Waals surface area contributed by atoms with Crippen LogP contribution in [-0.2, 0) is 10.0 Å². The zero-order valence-electron chi connectivity index (χ0n) is 11.1. The van der Waals surface area contributed by atoms with Crippen LogP contribution in [0, 0.1) is 0 Å². The monoisotopic (exact) mass is 302 g/mol. The highest BCUT2D eigenvalue weighted by atomic mass is 32.2. The zero-order chi connectivity index (χ0) is 14.6. The molecule has 1 aromatic rings. The van der Waals surface area contributed by atoms with E-state index >= 15 is 0 Å². The number of hydrogen-bond acceptors (Lipinski definition) is 5. The van der Waals surface area contributed by atoms with Crippen LogP contribution in [0.25, 0.3) is 0 Å². The summed E-state index contributed by atoms with van der Waals surface area (Å²) in [5.41, 5.74) is 5.60. The molecule has 3 N–H and O–H groups in total. The van der Waals surface area contributed by atoms with E-state index in [1.165, 1.54) is 18.3 Å². The Morgan fingerprint density at radius 2 is 2.21 bits per heavy atom. The molecule has 0 fully saturated rings. The third-order valence-corrected chi connectivity index (χ3v) is 4.10. The molecular formula is C11H18N4O2S2. The molecule has 0 aliphatic carbocycles. The number of nitrogens with two attached hydrogens (primary N) is 1. The Hall–Kier alpha value is -1.09. The van der Waals surface area contributed by atoms with E-state index in [-0.39, 0.29) is 21.6 Å². The van der Waals surface area contributed by atoms with Crippen molar-refractivity contribution < 1.29 is 8.42 Å². The van der Waals surface area contributed by atoms with Crippen molar-refractivity contribution in [3.05, 3.63) is 24.0 Å². The standard InChI is InChI=1S/C11H18N4O2S2/c1-8(7-15(2)3)14-19(16,17)9-5-4-6-13-10(9)11(12)18/h4-6,8,14H,7H2,1-3H3,(H2,12,18). The zero-order valence-corrected chi connectivity index (χ0v) is 12.8. The van der Waals surface area contributed by atoms with Gasteiger partial charge in [-0.15, -0.1) is 0 Å². The van der Waals surface area contributed by atoms with Gasteiger partial charge in [0.15, 0.2) is 0 Å². The molecule has 0 saturated heterocycles. The van der Waals surface area contributed by atoms with Crippen LogP contribution in [0.1, 0.15) is 12.6 Å². The largest absolute Gasteiger partial charge is 0.388 e. The van der Waals surface area contributed by atoms with Crippen molar-refractivity contribution in [2.75, 3.05) is 20.6 Å². The summed E-state index contributed by atoms with van der Waals surface area (Å²) >= 11 is 4.82. The molecular weight excluding hydrogens is 284 g/mol. The van der Waals surface area contributed by atoms with Gasteiger partial charge in [-0.3, -0.25) is 4.98 Å². The van der Waals surface area contributed by atoms with E-state index in [4.69, 9.17) is 18.0 Å². The molecule has 6 nitrogen and oxygen atoms in total. The number of nitrogens with zero attached hydrogens (tertiary/aromatic N) is 2. The average Bonchev–Trinajstić information content (AvgIpc) is 2.26. The minimum atomic E-state index is -3.69. The first-order valence-electron chi connectivity index (χ1n) is 5.66. The van der Waals surface area contributed by atoms with Crippen molar-refractivity contribution in [3.8, 4) is 0 Å². The molecule has 106 valence electrons. The number of thiocarbonyl (C=S) groups is 1. The van der Waals surface area contributed by atoms with Crippen LogP contribution >= 0.6 is 12.2 Å². The van der Waals surface area contributed by atoms with Crippen LogP contribution in [-0.4, -0.2) is 50.0 Å².